The fourth-order valence-electron chi connectivity index (χ4n) is 2.21. The summed E-state index contributed by atoms with van der Waals surface area (Å²) in [5.41, 5.74) is 0.336. The summed E-state index contributed by atoms with van der Waals surface area (Å²) in [6, 6.07) is 5.85. The van der Waals surface area contributed by atoms with Crippen LogP contribution >= 0.6 is 11.3 Å². The Balaban J connectivity index is 1.64. The van der Waals surface area contributed by atoms with Crippen molar-refractivity contribution in [2.45, 2.75) is 10.6 Å². The van der Waals surface area contributed by atoms with Gasteiger partial charge in [0, 0.05) is 17.4 Å². The maximum atomic E-state index is 12.2. The fourth-order valence-corrected chi connectivity index (χ4v) is 3.78. The highest BCUT2D eigenvalue weighted by Crippen LogP contribution is 2.30. The normalized spacial score (nSPS) is 13.7. The maximum absolute atomic E-state index is 12.2. The van der Waals surface area contributed by atoms with Crippen molar-refractivity contribution in [3.8, 4) is 11.5 Å². The summed E-state index contributed by atoms with van der Waals surface area (Å²) in [5.74, 6) is -0.199. The van der Waals surface area contributed by atoms with Gasteiger partial charge in [0.15, 0.2) is 23.9 Å². The van der Waals surface area contributed by atoms with Crippen LogP contribution in [-0.2, 0) is 14.8 Å². The molecule has 138 valence electrons. The Morgan fingerprint density at radius 2 is 1.85 bits per heavy atom. The van der Waals surface area contributed by atoms with Gasteiger partial charge in [0.05, 0.1) is 18.8 Å². The lowest BCUT2D eigenvalue weighted by atomic mass is 10.1. The molecule has 8 nitrogen and oxygen atoms in total. The van der Waals surface area contributed by atoms with Gasteiger partial charge in [-0.05, 0) is 24.3 Å². The third-order valence-electron chi connectivity index (χ3n) is 3.50. The number of hydrogen-bond donors (Lipinski definition) is 1. The Hall–Kier alpha value is -2.43. The van der Waals surface area contributed by atoms with E-state index in [9.17, 15) is 18.0 Å². The van der Waals surface area contributed by atoms with Gasteiger partial charge in [0.2, 0.25) is 10.0 Å². The van der Waals surface area contributed by atoms with Crippen LogP contribution in [0.4, 0.5) is 0 Å². The number of benzene rings is 1. The van der Waals surface area contributed by atoms with Gasteiger partial charge in [-0.3, -0.25) is 4.79 Å². The number of ether oxygens (including phenoxy) is 3. The molecule has 0 atom stereocenters. The number of ketones is 1. The molecular formula is C16H15NO7S2. The second-order valence-corrected chi connectivity index (χ2v) is 8.11. The Bertz CT molecular complexity index is 949. The van der Waals surface area contributed by atoms with E-state index in [1.54, 1.807) is 18.2 Å². The van der Waals surface area contributed by atoms with E-state index in [2.05, 4.69) is 0 Å². The molecule has 0 radical (unpaired) electrons. The summed E-state index contributed by atoms with van der Waals surface area (Å²) in [5, 5.41) is 6.30. The Labute approximate surface area is 153 Å². The lowest BCUT2D eigenvalue weighted by Crippen LogP contribution is -2.14. The molecule has 2 aromatic rings. The van der Waals surface area contributed by atoms with Gasteiger partial charge in [0.25, 0.3) is 0 Å². The Morgan fingerprint density at radius 1 is 1.12 bits per heavy atom. The first-order valence-electron chi connectivity index (χ1n) is 7.56. The molecule has 2 N–H and O–H groups in total. The maximum Gasteiger partial charge on any atom is 0.339 e. The van der Waals surface area contributed by atoms with Crippen molar-refractivity contribution in [1.29, 1.82) is 0 Å². The molecule has 3 rings (SSSR count). The number of sulfonamides is 1. The molecule has 0 fully saturated rings. The molecule has 0 bridgehead atoms. The fraction of sp³-hybridized carbons (Fsp3) is 0.250. The van der Waals surface area contributed by atoms with E-state index in [0.717, 1.165) is 23.8 Å². The third-order valence-corrected chi connectivity index (χ3v) is 5.88. The summed E-state index contributed by atoms with van der Waals surface area (Å²) in [7, 11) is -3.88. The van der Waals surface area contributed by atoms with Gasteiger partial charge in [-0.1, -0.05) is 0 Å². The molecule has 2 heterocycles. The Kier molecular flexibility index (Phi) is 5.25. The van der Waals surface area contributed by atoms with Crippen LogP contribution in [0.2, 0.25) is 0 Å². The number of esters is 1. The van der Waals surface area contributed by atoms with E-state index >= 15 is 0 Å². The van der Waals surface area contributed by atoms with Crippen molar-refractivity contribution in [2.75, 3.05) is 19.8 Å². The third kappa shape index (κ3) is 4.21. The highest BCUT2D eigenvalue weighted by Gasteiger charge is 2.19. The largest absolute Gasteiger partial charge is 0.490 e. The first kappa shape index (κ1) is 18.4. The Morgan fingerprint density at radius 3 is 2.54 bits per heavy atom. The highest BCUT2D eigenvalue weighted by molar-refractivity contribution is 7.91. The average molecular weight is 397 g/mol. The smallest absolute Gasteiger partial charge is 0.339 e. The summed E-state index contributed by atoms with van der Waals surface area (Å²) >= 11 is 0.804. The van der Waals surface area contributed by atoms with E-state index < -0.39 is 28.4 Å². The summed E-state index contributed by atoms with van der Waals surface area (Å²) in [6.07, 6.45) is 0.747. The molecule has 1 aliphatic rings. The van der Waals surface area contributed by atoms with Crippen LogP contribution < -0.4 is 14.6 Å². The van der Waals surface area contributed by atoms with Crippen molar-refractivity contribution in [3.63, 3.8) is 0 Å². The number of fused-ring (bicyclic) bond motifs is 1. The zero-order valence-corrected chi connectivity index (χ0v) is 15.1. The minimum atomic E-state index is -3.88. The van der Waals surface area contributed by atoms with Crippen LogP contribution in [0.1, 0.15) is 27.1 Å². The molecule has 0 unspecified atom stereocenters. The quantitative estimate of drug-likeness (QED) is 0.600. The number of nitrogens with two attached hydrogens (primary N) is 1. The van der Waals surface area contributed by atoms with E-state index in [-0.39, 0.29) is 9.77 Å². The highest BCUT2D eigenvalue weighted by atomic mass is 32.2. The van der Waals surface area contributed by atoms with Crippen LogP contribution in [-0.4, -0.2) is 40.0 Å². The minimum Gasteiger partial charge on any atom is -0.490 e. The average Bonchev–Trinajstić information content (AvgIpc) is 2.99. The molecule has 26 heavy (non-hydrogen) atoms. The van der Waals surface area contributed by atoms with Crippen LogP contribution in [0, 0.1) is 0 Å². The van der Waals surface area contributed by atoms with Crippen molar-refractivity contribution in [2.24, 2.45) is 5.14 Å². The molecule has 0 saturated heterocycles. The number of carbonyl (C=O) groups is 2. The monoisotopic (exact) mass is 397 g/mol. The van der Waals surface area contributed by atoms with Crippen molar-refractivity contribution >= 4 is 33.1 Å². The predicted octanol–water partition coefficient (Wildman–Crippen LogP) is 1.60. The van der Waals surface area contributed by atoms with Gasteiger partial charge in [-0.2, -0.15) is 0 Å². The van der Waals surface area contributed by atoms with Crippen LogP contribution in [0.5, 0.6) is 11.5 Å². The van der Waals surface area contributed by atoms with Crippen LogP contribution in [0.15, 0.2) is 33.9 Å². The molecule has 0 amide bonds. The van der Waals surface area contributed by atoms with Gasteiger partial charge >= 0.3 is 5.97 Å². The summed E-state index contributed by atoms with van der Waals surface area (Å²) < 4.78 is 38.2. The topological polar surface area (TPSA) is 122 Å². The summed E-state index contributed by atoms with van der Waals surface area (Å²) in [6.45, 7) is 0.544. The minimum absolute atomic E-state index is 0.0190. The number of thiophene rings is 1. The number of hydrogen-bond acceptors (Lipinski definition) is 8. The molecule has 1 aliphatic heterocycles. The van der Waals surface area contributed by atoms with Gasteiger partial charge in [-0.15, -0.1) is 11.3 Å². The SMILES string of the molecule is NS(=O)(=O)c1cc(C(=O)OCC(=O)c2ccc3c(c2)OCCCO3)cs1. The molecule has 0 saturated carbocycles. The van der Waals surface area contributed by atoms with Crippen molar-refractivity contribution in [1.82, 2.24) is 0 Å². The zero-order valence-electron chi connectivity index (χ0n) is 13.5. The molecule has 0 spiro atoms. The van der Waals surface area contributed by atoms with Gasteiger partial charge in [-0.25, -0.2) is 18.4 Å². The van der Waals surface area contributed by atoms with E-state index in [0.29, 0.717) is 30.3 Å². The van der Waals surface area contributed by atoms with Gasteiger partial charge in [0.1, 0.15) is 4.21 Å². The molecule has 10 heteroatoms. The van der Waals surface area contributed by atoms with Crippen molar-refractivity contribution < 1.29 is 32.2 Å². The first-order valence-corrected chi connectivity index (χ1v) is 9.98. The predicted molar refractivity (Wildman–Crippen MR) is 92.4 cm³/mol. The standard InChI is InChI=1S/C16H15NO7S2/c17-26(20,21)15-7-11(9-25-15)16(19)24-8-12(18)10-2-3-13-14(6-10)23-5-1-4-22-13/h2-3,6-7,9H,1,4-5,8H2,(H2,17,20,21). The zero-order chi connectivity index (χ0) is 18.7. The molecule has 0 aliphatic carbocycles. The molecule has 1 aromatic heterocycles. The second-order valence-electron chi connectivity index (χ2n) is 5.41. The molecular weight excluding hydrogens is 382 g/mol. The first-order chi connectivity index (χ1) is 12.3. The lowest BCUT2D eigenvalue weighted by molar-refractivity contribution is 0.0475. The van der Waals surface area contributed by atoms with E-state index in [1.807, 2.05) is 0 Å². The lowest BCUT2D eigenvalue weighted by Gasteiger charge is -2.09. The number of rotatable bonds is 5. The number of Topliss-reactive ketones (excluding diaryl/α,β-unsaturated/α-hetero) is 1. The summed E-state index contributed by atoms with van der Waals surface area (Å²) in [4.78, 5) is 24.2. The van der Waals surface area contributed by atoms with Crippen LogP contribution in [0.3, 0.4) is 0 Å². The van der Waals surface area contributed by atoms with Crippen LogP contribution in [0.25, 0.3) is 0 Å². The molecule has 1 aromatic carbocycles. The number of carbonyl (C=O) groups excluding carboxylic acids is 2. The second kappa shape index (κ2) is 7.44. The van der Waals surface area contributed by atoms with Gasteiger partial charge < -0.3 is 14.2 Å². The number of primary sulfonamides is 1. The van der Waals surface area contributed by atoms with E-state index in [4.69, 9.17) is 19.3 Å². The van der Waals surface area contributed by atoms with E-state index in [1.165, 1.54) is 5.38 Å². The van der Waals surface area contributed by atoms with Crippen molar-refractivity contribution in [3.05, 3.63) is 40.8 Å².